The van der Waals surface area contributed by atoms with Crippen molar-refractivity contribution in [1.29, 1.82) is 0 Å². The number of hydrogen-bond acceptors (Lipinski definition) is 5. The minimum Gasteiger partial charge on any atom is -0.487 e. The van der Waals surface area contributed by atoms with Gasteiger partial charge in [0, 0.05) is 19.1 Å². The lowest BCUT2D eigenvalue weighted by Crippen LogP contribution is -2.26. The number of benzene rings is 1. The quantitative estimate of drug-likeness (QED) is 0.579. The van der Waals surface area contributed by atoms with Gasteiger partial charge in [0.2, 0.25) is 0 Å². The van der Waals surface area contributed by atoms with Crippen molar-refractivity contribution in [2.45, 2.75) is 26.4 Å². The van der Waals surface area contributed by atoms with Gasteiger partial charge in [-0.25, -0.2) is 4.79 Å². The lowest BCUT2D eigenvalue weighted by atomic mass is 10.2. The van der Waals surface area contributed by atoms with Gasteiger partial charge in [-0.2, -0.15) is 0 Å². The van der Waals surface area contributed by atoms with Crippen molar-refractivity contribution in [3.05, 3.63) is 33.9 Å². The standard InChI is InChI=1S/C13H17NO6/c1-3-19-12(13(15)16)6-7-20-11-5-4-9(2)8-10(11)14(17)18/h4-5,8,12H,3,6-7H2,1-2H3,(H,15,16). The summed E-state index contributed by atoms with van der Waals surface area (Å²) in [6.45, 7) is 3.75. The van der Waals surface area contributed by atoms with E-state index in [4.69, 9.17) is 14.6 Å². The van der Waals surface area contributed by atoms with E-state index in [1.807, 2.05) is 0 Å². The summed E-state index contributed by atoms with van der Waals surface area (Å²) in [6.07, 6.45) is -0.849. The van der Waals surface area contributed by atoms with Crippen molar-refractivity contribution in [2.75, 3.05) is 13.2 Å². The molecular weight excluding hydrogens is 266 g/mol. The maximum atomic E-state index is 10.9. The molecule has 0 fully saturated rings. The Kier molecular flexibility index (Phi) is 5.92. The number of carboxylic acid groups (broad SMARTS) is 1. The van der Waals surface area contributed by atoms with Crippen LogP contribution in [-0.4, -0.2) is 35.3 Å². The Morgan fingerprint density at radius 2 is 2.20 bits per heavy atom. The van der Waals surface area contributed by atoms with Crippen molar-refractivity contribution < 1.29 is 24.3 Å². The molecule has 0 saturated carbocycles. The highest BCUT2D eigenvalue weighted by molar-refractivity contribution is 5.72. The Balaban J connectivity index is 2.66. The normalized spacial score (nSPS) is 11.9. The van der Waals surface area contributed by atoms with Crippen LogP contribution in [-0.2, 0) is 9.53 Å². The Morgan fingerprint density at radius 1 is 1.50 bits per heavy atom. The number of hydrogen-bond donors (Lipinski definition) is 1. The molecule has 1 rings (SSSR count). The fraction of sp³-hybridized carbons (Fsp3) is 0.462. The summed E-state index contributed by atoms with van der Waals surface area (Å²) < 4.78 is 10.3. The molecule has 0 heterocycles. The average Bonchev–Trinajstić information content (AvgIpc) is 2.38. The van der Waals surface area contributed by atoms with E-state index in [0.717, 1.165) is 5.56 Å². The van der Waals surface area contributed by atoms with Crippen LogP contribution < -0.4 is 4.74 Å². The fourth-order valence-electron chi connectivity index (χ4n) is 1.65. The molecule has 0 spiro atoms. The second kappa shape index (κ2) is 7.44. The zero-order valence-electron chi connectivity index (χ0n) is 11.4. The van der Waals surface area contributed by atoms with Crippen LogP contribution in [0.15, 0.2) is 18.2 Å². The second-order valence-electron chi connectivity index (χ2n) is 4.15. The first-order chi connectivity index (χ1) is 9.45. The first-order valence-electron chi connectivity index (χ1n) is 6.18. The van der Waals surface area contributed by atoms with Crippen molar-refractivity contribution in [2.24, 2.45) is 0 Å². The van der Waals surface area contributed by atoms with E-state index in [0.29, 0.717) is 0 Å². The number of aryl methyl sites for hydroxylation is 1. The van der Waals surface area contributed by atoms with Gasteiger partial charge >= 0.3 is 11.7 Å². The number of carbonyl (C=O) groups is 1. The zero-order valence-corrected chi connectivity index (χ0v) is 11.4. The van der Waals surface area contributed by atoms with E-state index in [2.05, 4.69) is 0 Å². The highest BCUT2D eigenvalue weighted by atomic mass is 16.6. The van der Waals surface area contributed by atoms with Crippen LogP contribution in [0.3, 0.4) is 0 Å². The first kappa shape index (κ1) is 15.9. The summed E-state index contributed by atoms with van der Waals surface area (Å²) in [7, 11) is 0. The van der Waals surface area contributed by atoms with E-state index in [-0.39, 0.29) is 31.1 Å². The predicted octanol–water partition coefficient (Wildman–Crippen LogP) is 2.16. The zero-order chi connectivity index (χ0) is 15.1. The largest absolute Gasteiger partial charge is 0.487 e. The summed E-state index contributed by atoms with van der Waals surface area (Å²) in [6, 6.07) is 4.61. The van der Waals surface area contributed by atoms with Crippen LogP contribution in [0.25, 0.3) is 0 Å². The summed E-state index contributed by atoms with van der Waals surface area (Å²) in [5.41, 5.74) is 0.620. The molecule has 1 unspecified atom stereocenters. The number of ether oxygens (including phenoxy) is 2. The van der Waals surface area contributed by atoms with Gasteiger partial charge in [0.15, 0.2) is 11.9 Å². The molecule has 0 aliphatic rings. The van der Waals surface area contributed by atoms with Crippen LogP contribution >= 0.6 is 0 Å². The van der Waals surface area contributed by atoms with Gasteiger partial charge in [0.1, 0.15) is 0 Å². The lowest BCUT2D eigenvalue weighted by Gasteiger charge is -2.13. The SMILES string of the molecule is CCOC(CCOc1ccc(C)cc1[N+](=O)[O-])C(=O)O. The molecule has 0 aliphatic carbocycles. The third-order valence-corrected chi connectivity index (χ3v) is 2.59. The van der Waals surface area contributed by atoms with Crippen molar-refractivity contribution in [1.82, 2.24) is 0 Å². The maximum Gasteiger partial charge on any atom is 0.332 e. The maximum absolute atomic E-state index is 10.9. The van der Waals surface area contributed by atoms with Crippen LogP contribution in [0.1, 0.15) is 18.9 Å². The highest BCUT2D eigenvalue weighted by Crippen LogP contribution is 2.27. The van der Waals surface area contributed by atoms with E-state index in [9.17, 15) is 14.9 Å². The molecule has 0 amide bonds. The van der Waals surface area contributed by atoms with E-state index >= 15 is 0 Å². The van der Waals surface area contributed by atoms with Crippen LogP contribution in [0.5, 0.6) is 5.75 Å². The van der Waals surface area contributed by atoms with Crippen molar-refractivity contribution >= 4 is 11.7 Å². The first-order valence-corrected chi connectivity index (χ1v) is 6.18. The summed E-state index contributed by atoms with van der Waals surface area (Å²) in [5.74, 6) is -0.949. The molecule has 0 aromatic heterocycles. The number of nitro groups is 1. The Morgan fingerprint density at radius 3 is 2.75 bits per heavy atom. The molecule has 0 radical (unpaired) electrons. The molecule has 1 atom stereocenters. The third-order valence-electron chi connectivity index (χ3n) is 2.59. The third kappa shape index (κ3) is 4.51. The number of carboxylic acids is 1. The highest BCUT2D eigenvalue weighted by Gasteiger charge is 2.19. The van der Waals surface area contributed by atoms with Crippen molar-refractivity contribution in [3.63, 3.8) is 0 Å². The van der Waals surface area contributed by atoms with Crippen LogP contribution in [0.2, 0.25) is 0 Å². The van der Waals surface area contributed by atoms with Crippen LogP contribution in [0.4, 0.5) is 5.69 Å². The number of nitrogens with zero attached hydrogens (tertiary/aromatic N) is 1. The molecule has 0 bridgehead atoms. The number of aliphatic carboxylic acids is 1. The molecule has 7 nitrogen and oxygen atoms in total. The molecule has 0 saturated heterocycles. The lowest BCUT2D eigenvalue weighted by molar-refractivity contribution is -0.385. The molecule has 20 heavy (non-hydrogen) atoms. The second-order valence-corrected chi connectivity index (χ2v) is 4.15. The summed E-state index contributed by atoms with van der Waals surface area (Å²) in [4.78, 5) is 21.2. The Bertz CT molecular complexity index is 488. The molecule has 1 aromatic carbocycles. The van der Waals surface area contributed by atoms with E-state index < -0.39 is 17.0 Å². The van der Waals surface area contributed by atoms with Gasteiger partial charge in [0.05, 0.1) is 11.5 Å². The topological polar surface area (TPSA) is 98.9 Å². The smallest absolute Gasteiger partial charge is 0.332 e. The van der Waals surface area contributed by atoms with Gasteiger partial charge in [-0.3, -0.25) is 10.1 Å². The summed E-state index contributed by atoms with van der Waals surface area (Å²) in [5, 5.41) is 19.8. The molecule has 1 aromatic rings. The summed E-state index contributed by atoms with van der Waals surface area (Å²) >= 11 is 0. The fourth-order valence-corrected chi connectivity index (χ4v) is 1.65. The molecule has 7 heteroatoms. The molecule has 1 N–H and O–H groups in total. The number of nitro benzene ring substituents is 1. The van der Waals surface area contributed by atoms with Gasteiger partial charge < -0.3 is 14.6 Å². The van der Waals surface area contributed by atoms with Crippen LogP contribution in [0, 0.1) is 17.0 Å². The van der Waals surface area contributed by atoms with Gasteiger partial charge in [-0.05, 0) is 25.5 Å². The molecule has 0 aliphatic heterocycles. The Hall–Kier alpha value is -2.15. The average molecular weight is 283 g/mol. The van der Waals surface area contributed by atoms with E-state index in [1.54, 1.807) is 19.9 Å². The minimum absolute atomic E-state index is 0.0286. The number of rotatable bonds is 8. The molecular formula is C13H17NO6. The minimum atomic E-state index is -1.08. The van der Waals surface area contributed by atoms with Gasteiger partial charge in [-0.15, -0.1) is 0 Å². The van der Waals surface area contributed by atoms with E-state index in [1.165, 1.54) is 12.1 Å². The Labute approximate surface area is 116 Å². The van der Waals surface area contributed by atoms with Gasteiger partial charge in [-0.1, -0.05) is 6.07 Å². The molecule has 110 valence electrons. The predicted molar refractivity (Wildman–Crippen MR) is 71.0 cm³/mol. The van der Waals surface area contributed by atoms with Gasteiger partial charge in [0.25, 0.3) is 0 Å². The van der Waals surface area contributed by atoms with Crippen molar-refractivity contribution in [3.8, 4) is 5.75 Å². The monoisotopic (exact) mass is 283 g/mol.